The molecule has 2 aromatic heterocycles. The van der Waals surface area contributed by atoms with Crippen molar-refractivity contribution in [3.63, 3.8) is 0 Å². The van der Waals surface area contributed by atoms with Crippen LogP contribution in [0.1, 0.15) is 10.5 Å². The minimum absolute atomic E-state index is 0.0460. The lowest BCUT2D eigenvalue weighted by molar-refractivity contribution is 0.0741. The smallest absolute Gasteiger partial charge is 0.270 e. The number of rotatable bonds is 3. The van der Waals surface area contributed by atoms with Crippen LogP contribution in [0.15, 0.2) is 60.7 Å². The summed E-state index contributed by atoms with van der Waals surface area (Å²) in [5, 5.41) is 9.32. The Morgan fingerprint density at radius 3 is 2.48 bits per heavy atom. The lowest BCUT2D eigenvalue weighted by Crippen LogP contribution is -2.49. The summed E-state index contributed by atoms with van der Waals surface area (Å²) in [5.41, 5.74) is 3.62. The Kier molecular flexibility index (Phi) is 4.48. The number of carbonyl (C=O) groups excluding carboxylic acids is 1. The second-order valence-electron chi connectivity index (χ2n) is 7.20. The number of aromatic amines is 2. The average molecular weight is 406 g/mol. The molecule has 0 radical (unpaired) electrons. The van der Waals surface area contributed by atoms with Crippen LogP contribution in [0.5, 0.6) is 0 Å². The molecule has 0 atom stereocenters. The molecule has 2 N–H and O–H groups in total. The summed E-state index contributed by atoms with van der Waals surface area (Å²) in [7, 11) is 0. The van der Waals surface area contributed by atoms with Crippen LogP contribution in [0.4, 0.5) is 5.82 Å². The van der Waals surface area contributed by atoms with E-state index < -0.39 is 0 Å². The third-order valence-corrected chi connectivity index (χ3v) is 5.62. The average Bonchev–Trinajstić information content (AvgIpc) is 3.41. The van der Waals surface area contributed by atoms with Crippen molar-refractivity contribution in [2.45, 2.75) is 0 Å². The first-order valence-corrected chi connectivity index (χ1v) is 9.98. The van der Waals surface area contributed by atoms with Gasteiger partial charge in [0.05, 0.1) is 5.69 Å². The van der Waals surface area contributed by atoms with Crippen LogP contribution >= 0.6 is 11.6 Å². The zero-order valence-electron chi connectivity index (χ0n) is 15.7. The highest BCUT2D eigenvalue weighted by Crippen LogP contribution is 2.24. The zero-order chi connectivity index (χ0) is 19.8. The van der Waals surface area contributed by atoms with Gasteiger partial charge in [-0.3, -0.25) is 9.89 Å². The monoisotopic (exact) mass is 405 g/mol. The Hall–Kier alpha value is -3.25. The molecule has 0 saturated carbocycles. The van der Waals surface area contributed by atoms with Crippen LogP contribution in [-0.4, -0.2) is 52.2 Å². The van der Waals surface area contributed by atoms with E-state index in [1.165, 1.54) is 0 Å². The molecule has 6 nitrogen and oxygen atoms in total. The Morgan fingerprint density at radius 2 is 1.72 bits per heavy atom. The first kappa shape index (κ1) is 17.8. The number of benzene rings is 2. The fourth-order valence-corrected chi connectivity index (χ4v) is 3.87. The van der Waals surface area contributed by atoms with Gasteiger partial charge < -0.3 is 14.8 Å². The van der Waals surface area contributed by atoms with Crippen LogP contribution in [0.25, 0.3) is 22.2 Å². The van der Waals surface area contributed by atoms with Crippen molar-refractivity contribution in [2.75, 3.05) is 31.1 Å². The molecule has 4 aromatic rings. The number of nitrogens with zero attached hydrogens (tertiary/aromatic N) is 3. The Labute approximate surface area is 173 Å². The number of nitrogens with one attached hydrogen (secondary N) is 2. The molecule has 1 fully saturated rings. The van der Waals surface area contributed by atoms with Gasteiger partial charge in [-0.25, -0.2) is 0 Å². The molecular formula is C22H20ClN5O. The fraction of sp³-hybridized carbons (Fsp3) is 0.182. The quantitative estimate of drug-likeness (QED) is 0.537. The van der Waals surface area contributed by atoms with Crippen LogP contribution < -0.4 is 4.90 Å². The van der Waals surface area contributed by atoms with Crippen molar-refractivity contribution >= 4 is 34.2 Å². The first-order chi connectivity index (χ1) is 14.2. The number of piperazine rings is 1. The number of hydrogen-bond donors (Lipinski definition) is 2. The third-order valence-electron chi connectivity index (χ3n) is 5.37. The van der Waals surface area contributed by atoms with Crippen molar-refractivity contribution in [1.82, 2.24) is 20.1 Å². The van der Waals surface area contributed by atoms with E-state index in [4.69, 9.17) is 11.6 Å². The SMILES string of the molecule is O=C(c1cc2ccccc2[nH]1)N1CCN(c2cc(-c3ccc(Cl)cc3)[nH]n2)CC1. The van der Waals surface area contributed by atoms with Gasteiger partial charge in [0.25, 0.3) is 5.91 Å². The van der Waals surface area contributed by atoms with Gasteiger partial charge in [0, 0.05) is 48.2 Å². The maximum absolute atomic E-state index is 12.9. The molecule has 5 rings (SSSR count). The van der Waals surface area contributed by atoms with Gasteiger partial charge in [0.15, 0.2) is 5.82 Å². The molecule has 1 aliphatic rings. The minimum atomic E-state index is 0.0460. The van der Waals surface area contributed by atoms with E-state index in [-0.39, 0.29) is 5.91 Å². The number of carbonyl (C=O) groups is 1. The van der Waals surface area contributed by atoms with Gasteiger partial charge in [0.2, 0.25) is 0 Å². The van der Waals surface area contributed by atoms with Crippen LogP contribution in [0.2, 0.25) is 5.02 Å². The summed E-state index contributed by atoms with van der Waals surface area (Å²) in [6.45, 7) is 2.82. The summed E-state index contributed by atoms with van der Waals surface area (Å²) < 4.78 is 0. The summed E-state index contributed by atoms with van der Waals surface area (Å²) in [6.07, 6.45) is 0. The normalized spacial score (nSPS) is 14.5. The number of para-hydroxylation sites is 1. The number of anilines is 1. The number of fused-ring (bicyclic) bond motifs is 1. The molecule has 1 aliphatic heterocycles. The molecule has 146 valence electrons. The highest BCUT2D eigenvalue weighted by atomic mass is 35.5. The summed E-state index contributed by atoms with van der Waals surface area (Å²) in [4.78, 5) is 20.2. The molecule has 1 saturated heterocycles. The lowest BCUT2D eigenvalue weighted by Gasteiger charge is -2.34. The van der Waals surface area contributed by atoms with Gasteiger partial charge in [-0.2, -0.15) is 5.10 Å². The predicted octanol–water partition coefficient (Wildman–Crippen LogP) is 4.17. The second kappa shape index (κ2) is 7.29. The Bertz CT molecular complexity index is 1120. The number of hydrogen-bond acceptors (Lipinski definition) is 3. The van der Waals surface area contributed by atoms with E-state index in [2.05, 4.69) is 20.1 Å². The number of amides is 1. The van der Waals surface area contributed by atoms with Gasteiger partial charge >= 0.3 is 0 Å². The van der Waals surface area contributed by atoms with E-state index in [0.717, 1.165) is 41.1 Å². The topological polar surface area (TPSA) is 68.0 Å². The van der Waals surface area contributed by atoms with Crippen LogP contribution in [0, 0.1) is 0 Å². The fourth-order valence-electron chi connectivity index (χ4n) is 3.75. The van der Waals surface area contributed by atoms with Crippen molar-refractivity contribution in [3.05, 3.63) is 71.4 Å². The summed E-state index contributed by atoms with van der Waals surface area (Å²) in [6, 6.07) is 19.6. The van der Waals surface area contributed by atoms with Crippen LogP contribution in [-0.2, 0) is 0 Å². The maximum atomic E-state index is 12.9. The van der Waals surface area contributed by atoms with E-state index in [0.29, 0.717) is 23.8 Å². The predicted molar refractivity (Wildman–Crippen MR) is 115 cm³/mol. The molecular weight excluding hydrogens is 386 g/mol. The Balaban J connectivity index is 1.25. The Morgan fingerprint density at radius 1 is 0.966 bits per heavy atom. The number of aromatic nitrogens is 3. The van der Waals surface area contributed by atoms with Gasteiger partial charge in [0.1, 0.15) is 5.69 Å². The maximum Gasteiger partial charge on any atom is 0.270 e. The van der Waals surface area contributed by atoms with E-state index in [1.807, 2.05) is 65.6 Å². The third kappa shape index (κ3) is 3.47. The standard InChI is InChI=1S/C22H20ClN5O/c23-17-7-5-15(6-8-17)19-14-21(26-25-19)27-9-11-28(12-10-27)22(29)20-13-16-3-1-2-4-18(16)24-20/h1-8,13-14,24H,9-12H2,(H,25,26). The number of H-pyrrole nitrogens is 2. The molecule has 2 aromatic carbocycles. The van der Waals surface area contributed by atoms with Crippen molar-refractivity contribution in [2.24, 2.45) is 0 Å². The largest absolute Gasteiger partial charge is 0.352 e. The van der Waals surface area contributed by atoms with Crippen LogP contribution in [0.3, 0.4) is 0 Å². The van der Waals surface area contributed by atoms with Crippen molar-refractivity contribution < 1.29 is 4.79 Å². The number of halogens is 1. The van der Waals surface area contributed by atoms with E-state index in [9.17, 15) is 4.79 Å². The highest BCUT2D eigenvalue weighted by Gasteiger charge is 2.24. The molecule has 0 spiro atoms. The minimum Gasteiger partial charge on any atom is -0.352 e. The molecule has 29 heavy (non-hydrogen) atoms. The van der Waals surface area contributed by atoms with Gasteiger partial charge in [-0.05, 0) is 29.8 Å². The first-order valence-electron chi connectivity index (χ1n) is 9.61. The molecule has 3 heterocycles. The second-order valence-corrected chi connectivity index (χ2v) is 7.63. The summed E-state index contributed by atoms with van der Waals surface area (Å²) >= 11 is 5.96. The molecule has 0 bridgehead atoms. The van der Waals surface area contributed by atoms with Crippen molar-refractivity contribution in [1.29, 1.82) is 0 Å². The molecule has 0 unspecified atom stereocenters. The van der Waals surface area contributed by atoms with Gasteiger partial charge in [-0.15, -0.1) is 0 Å². The van der Waals surface area contributed by atoms with Crippen molar-refractivity contribution in [3.8, 4) is 11.3 Å². The molecule has 7 heteroatoms. The highest BCUT2D eigenvalue weighted by molar-refractivity contribution is 6.30. The summed E-state index contributed by atoms with van der Waals surface area (Å²) in [5.74, 6) is 0.942. The van der Waals surface area contributed by atoms with E-state index in [1.54, 1.807) is 0 Å². The molecule has 1 amide bonds. The van der Waals surface area contributed by atoms with Gasteiger partial charge in [-0.1, -0.05) is 41.9 Å². The molecule has 0 aliphatic carbocycles. The van der Waals surface area contributed by atoms with E-state index >= 15 is 0 Å². The zero-order valence-corrected chi connectivity index (χ0v) is 16.5. The lowest BCUT2D eigenvalue weighted by atomic mass is 10.1.